The maximum Gasteiger partial charge on any atom is 0.246 e. The number of amides is 1. The third kappa shape index (κ3) is 3.11. The van der Waals surface area contributed by atoms with E-state index in [1.54, 1.807) is 7.05 Å². The van der Waals surface area contributed by atoms with Gasteiger partial charge in [0.25, 0.3) is 0 Å². The monoisotopic (exact) mass is 277 g/mol. The molecule has 5 nitrogen and oxygen atoms in total. The van der Waals surface area contributed by atoms with Gasteiger partial charge in [0.05, 0.1) is 12.7 Å². The lowest BCUT2D eigenvalue weighted by Crippen LogP contribution is -2.24. The van der Waals surface area contributed by atoms with Crippen molar-refractivity contribution in [1.82, 2.24) is 5.32 Å². The lowest BCUT2D eigenvalue weighted by atomic mass is 10.1. The minimum Gasteiger partial charge on any atom is -0.377 e. The number of hydrogen-bond acceptors (Lipinski definition) is 4. The molecule has 2 rings (SSSR count). The lowest BCUT2D eigenvalue weighted by molar-refractivity contribution is -0.117. The van der Waals surface area contributed by atoms with Crippen molar-refractivity contribution < 1.29 is 9.53 Å². The zero-order valence-corrected chi connectivity index (χ0v) is 12.6. The summed E-state index contributed by atoms with van der Waals surface area (Å²) < 4.78 is 5.56. The van der Waals surface area contributed by atoms with Crippen LogP contribution < -0.4 is 15.5 Å². The maximum absolute atomic E-state index is 11.8. The Labute approximate surface area is 120 Å². The summed E-state index contributed by atoms with van der Waals surface area (Å²) in [6, 6.07) is 5.82. The van der Waals surface area contributed by atoms with E-state index < -0.39 is 0 Å². The molecule has 110 valence electrons. The van der Waals surface area contributed by atoms with E-state index in [1.165, 1.54) is 0 Å². The van der Waals surface area contributed by atoms with Gasteiger partial charge < -0.3 is 20.3 Å². The van der Waals surface area contributed by atoms with E-state index in [2.05, 4.69) is 15.5 Å². The van der Waals surface area contributed by atoms with E-state index in [-0.39, 0.29) is 18.1 Å². The minimum atomic E-state index is -0.242. The Bertz CT molecular complexity index is 488. The second-order valence-electron chi connectivity index (χ2n) is 5.32. The Morgan fingerprint density at radius 1 is 1.45 bits per heavy atom. The minimum absolute atomic E-state index is 0.00504. The topological polar surface area (TPSA) is 53.6 Å². The number of likely N-dealkylation sites (N-methyl/N-ethyl adjacent to an activating group) is 2. The number of nitrogens with zero attached hydrogens (tertiary/aromatic N) is 1. The molecule has 0 aliphatic carbocycles. The van der Waals surface area contributed by atoms with Crippen LogP contribution in [0, 0.1) is 0 Å². The molecule has 1 aromatic rings. The highest BCUT2D eigenvalue weighted by molar-refractivity contribution is 6.03. The van der Waals surface area contributed by atoms with Gasteiger partial charge in [-0.15, -0.1) is 0 Å². The number of ether oxygens (including phenoxy) is 1. The molecule has 1 aromatic carbocycles. The molecule has 0 spiro atoms. The number of carbonyl (C=O) groups is 1. The second-order valence-corrected chi connectivity index (χ2v) is 5.32. The summed E-state index contributed by atoms with van der Waals surface area (Å²) in [5.74, 6) is 0.00504. The molecule has 0 saturated carbocycles. The lowest BCUT2D eigenvalue weighted by Gasteiger charge is -2.21. The van der Waals surface area contributed by atoms with E-state index in [4.69, 9.17) is 4.74 Å². The first-order chi connectivity index (χ1) is 9.52. The molecule has 0 aromatic heterocycles. The van der Waals surface area contributed by atoms with Crippen molar-refractivity contribution in [1.29, 1.82) is 0 Å². The molecule has 1 atom stereocenters. The summed E-state index contributed by atoms with van der Waals surface area (Å²) in [6.07, 6.45) is 0.249. The van der Waals surface area contributed by atoms with Crippen LogP contribution in [0.5, 0.6) is 0 Å². The fraction of sp³-hybridized carbons (Fsp3) is 0.533. The Kier molecular flexibility index (Phi) is 4.62. The Balaban J connectivity index is 2.05. The molecule has 1 heterocycles. The summed E-state index contributed by atoms with van der Waals surface area (Å²) >= 11 is 0. The van der Waals surface area contributed by atoms with Gasteiger partial charge in [0.2, 0.25) is 5.91 Å². The van der Waals surface area contributed by atoms with E-state index in [0.29, 0.717) is 6.61 Å². The van der Waals surface area contributed by atoms with Crippen LogP contribution in [0.3, 0.4) is 0 Å². The number of fused-ring (bicyclic) bond motifs is 1. The Hall–Kier alpha value is -1.59. The van der Waals surface area contributed by atoms with Crippen LogP contribution in [0.25, 0.3) is 0 Å². The van der Waals surface area contributed by atoms with Gasteiger partial charge in [-0.3, -0.25) is 4.79 Å². The molecule has 0 bridgehead atoms. The van der Waals surface area contributed by atoms with Gasteiger partial charge in [-0.25, -0.2) is 0 Å². The third-order valence-electron chi connectivity index (χ3n) is 3.48. The number of anilines is 2. The average molecular weight is 277 g/mol. The first-order valence-corrected chi connectivity index (χ1v) is 6.97. The van der Waals surface area contributed by atoms with Gasteiger partial charge in [-0.1, -0.05) is 6.07 Å². The highest BCUT2D eigenvalue weighted by atomic mass is 16.5. The highest BCUT2D eigenvalue weighted by Crippen LogP contribution is 2.33. The molecule has 0 saturated heterocycles. The number of rotatable bonds is 6. The largest absolute Gasteiger partial charge is 0.377 e. The number of carbonyl (C=O) groups excluding carboxylic acids is 1. The number of nitrogens with one attached hydrogen (secondary N) is 2. The Morgan fingerprint density at radius 3 is 2.85 bits per heavy atom. The van der Waals surface area contributed by atoms with Crippen LogP contribution in [0.4, 0.5) is 11.4 Å². The third-order valence-corrected chi connectivity index (χ3v) is 3.48. The quantitative estimate of drug-likeness (QED) is 0.832. The number of hydrogen-bond donors (Lipinski definition) is 2. The second kappa shape index (κ2) is 6.24. The van der Waals surface area contributed by atoms with Gasteiger partial charge in [0.15, 0.2) is 0 Å². The van der Waals surface area contributed by atoms with E-state index in [0.717, 1.165) is 23.5 Å². The predicted octanol–water partition coefficient (Wildman–Crippen LogP) is 1.76. The van der Waals surface area contributed by atoms with Gasteiger partial charge in [0.1, 0.15) is 6.04 Å². The predicted molar refractivity (Wildman–Crippen MR) is 81.2 cm³/mol. The molecule has 20 heavy (non-hydrogen) atoms. The fourth-order valence-electron chi connectivity index (χ4n) is 2.33. The van der Waals surface area contributed by atoms with Crippen LogP contribution in [0.2, 0.25) is 0 Å². The molecule has 2 N–H and O–H groups in total. The maximum atomic E-state index is 11.8. The molecule has 1 unspecified atom stereocenters. The molecule has 1 aliphatic heterocycles. The highest BCUT2D eigenvalue weighted by Gasteiger charge is 2.29. The zero-order chi connectivity index (χ0) is 14.7. The van der Waals surface area contributed by atoms with Crippen LogP contribution in [0.15, 0.2) is 18.2 Å². The van der Waals surface area contributed by atoms with Gasteiger partial charge in [-0.05, 0) is 33.0 Å². The first-order valence-electron chi connectivity index (χ1n) is 6.97. The van der Waals surface area contributed by atoms with Crippen molar-refractivity contribution in [3.8, 4) is 0 Å². The summed E-state index contributed by atoms with van der Waals surface area (Å²) in [5.41, 5.74) is 2.98. The van der Waals surface area contributed by atoms with Crippen molar-refractivity contribution in [2.75, 3.05) is 37.5 Å². The van der Waals surface area contributed by atoms with Crippen molar-refractivity contribution in [3.63, 3.8) is 0 Å². The molecule has 5 heteroatoms. The summed E-state index contributed by atoms with van der Waals surface area (Å²) in [5, 5.41) is 5.93. The fourth-order valence-corrected chi connectivity index (χ4v) is 2.33. The standard InChI is InChI=1S/C15H23N3O2/c1-10(2)20-8-7-18(4)11-5-6-12-13(9-11)17-15(19)14(12)16-3/h5-6,9-10,14,16H,7-8H2,1-4H3,(H,17,19). The Morgan fingerprint density at radius 2 is 2.20 bits per heavy atom. The van der Waals surface area contributed by atoms with Crippen LogP contribution >= 0.6 is 0 Å². The average Bonchev–Trinajstić information content (AvgIpc) is 2.72. The van der Waals surface area contributed by atoms with E-state index in [9.17, 15) is 4.79 Å². The normalized spacial score (nSPS) is 17.2. The number of benzene rings is 1. The van der Waals surface area contributed by atoms with Crippen molar-refractivity contribution in [2.45, 2.75) is 26.0 Å². The van der Waals surface area contributed by atoms with Crippen molar-refractivity contribution >= 4 is 17.3 Å². The van der Waals surface area contributed by atoms with Crippen LogP contribution in [-0.2, 0) is 9.53 Å². The summed E-state index contributed by atoms with van der Waals surface area (Å²) in [4.78, 5) is 13.9. The van der Waals surface area contributed by atoms with Gasteiger partial charge >= 0.3 is 0 Å². The van der Waals surface area contributed by atoms with Gasteiger partial charge in [-0.2, -0.15) is 0 Å². The molecular formula is C15H23N3O2. The summed E-state index contributed by atoms with van der Waals surface area (Å²) in [6.45, 7) is 5.57. The molecule has 1 aliphatic rings. The van der Waals surface area contributed by atoms with Crippen LogP contribution in [-0.4, -0.2) is 39.3 Å². The molecule has 0 fully saturated rings. The van der Waals surface area contributed by atoms with Crippen molar-refractivity contribution in [2.24, 2.45) is 0 Å². The summed E-state index contributed by atoms with van der Waals surface area (Å²) in [7, 11) is 3.82. The zero-order valence-electron chi connectivity index (χ0n) is 12.6. The smallest absolute Gasteiger partial charge is 0.246 e. The van der Waals surface area contributed by atoms with Crippen LogP contribution in [0.1, 0.15) is 25.5 Å². The molecular weight excluding hydrogens is 254 g/mol. The van der Waals surface area contributed by atoms with Gasteiger partial charge in [0, 0.05) is 30.5 Å². The first kappa shape index (κ1) is 14.8. The van der Waals surface area contributed by atoms with Crippen molar-refractivity contribution in [3.05, 3.63) is 23.8 Å². The molecule has 0 radical (unpaired) electrons. The molecule has 1 amide bonds. The SMILES string of the molecule is CNC1C(=O)Nc2cc(N(C)CCOC(C)C)ccc21. The van der Waals surface area contributed by atoms with E-state index in [1.807, 2.05) is 39.1 Å². The van der Waals surface area contributed by atoms with E-state index >= 15 is 0 Å².